The topological polar surface area (TPSA) is 95.1 Å². The number of rotatable bonds is 9. The summed E-state index contributed by atoms with van der Waals surface area (Å²) in [6.07, 6.45) is 0.578. The van der Waals surface area contributed by atoms with Crippen LogP contribution in [0.5, 0.6) is 0 Å². The molecule has 0 aliphatic rings. The lowest BCUT2D eigenvalue weighted by atomic mass is 10.1. The Morgan fingerprint density at radius 2 is 1.96 bits per heavy atom. The zero-order valence-electron chi connectivity index (χ0n) is 13.7. The molecule has 6 nitrogen and oxygen atoms in total. The Bertz CT molecular complexity index is 702. The molecule has 0 aliphatic carbocycles. The molecule has 0 fully saturated rings. The van der Waals surface area contributed by atoms with Crippen LogP contribution in [0.2, 0.25) is 0 Å². The molecule has 128 valence electrons. The molecule has 2 rings (SSSR count). The van der Waals surface area contributed by atoms with Crippen molar-refractivity contribution >= 4 is 28.3 Å². The largest absolute Gasteiger partial charge is 0.544 e. The molecule has 0 radical (unpaired) electrons. The summed E-state index contributed by atoms with van der Waals surface area (Å²) in [5.41, 5.74) is 0.648. The third kappa shape index (κ3) is 5.33. The molecule has 1 atom stereocenters. The van der Waals surface area contributed by atoms with Gasteiger partial charge in [0.2, 0.25) is 5.91 Å². The first-order chi connectivity index (χ1) is 11.6. The molecule has 0 unspecified atom stereocenters. The van der Waals surface area contributed by atoms with Gasteiger partial charge in [-0.15, -0.1) is 0 Å². The molecule has 3 N–H and O–H groups in total. The normalized spacial score (nSPS) is 12.0. The van der Waals surface area contributed by atoms with E-state index in [1.807, 2.05) is 36.4 Å². The summed E-state index contributed by atoms with van der Waals surface area (Å²) in [6.45, 7) is 1.12. The molecule has 6 heteroatoms. The van der Waals surface area contributed by atoms with Gasteiger partial charge in [0.05, 0.1) is 25.5 Å². The van der Waals surface area contributed by atoms with E-state index in [1.165, 1.54) is 0 Å². The maximum Gasteiger partial charge on any atom is 0.230 e. The smallest absolute Gasteiger partial charge is 0.230 e. The van der Waals surface area contributed by atoms with Crippen molar-refractivity contribution in [3.63, 3.8) is 0 Å². The summed E-state index contributed by atoms with van der Waals surface area (Å²) in [5, 5.41) is 17.6. The Kier molecular flexibility index (Phi) is 6.72. The summed E-state index contributed by atoms with van der Waals surface area (Å²) >= 11 is 0. The monoisotopic (exact) mass is 330 g/mol. The highest BCUT2D eigenvalue weighted by Gasteiger charge is 2.18. The van der Waals surface area contributed by atoms with Gasteiger partial charge in [0.15, 0.2) is 0 Å². The van der Waals surface area contributed by atoms with Crippen molar-refractivity contribution in [1.82, 2.24) is 0 Å². The van der Waals surface area contributed by atoms with Gasteiger partial charge in [0.25, 0.3) is 0 Å². The molecule has 1 amide bonds. The van der Waals surface area contributed by atoms with Gasteiger partial charge in [-0.1, -0.05) is 30.3 Å². The first-order valence-corrected chi connectivity index (χ1v) is 7.92. The minimum atomic E-state index is -1.24. The van der Waals surface area contributed by atoms with Crippen molar-refractivity contribution in [1.29, 1.82) is 0 Å². The van der Waals surface area contributed by atoms with E-state index in [-0.39, 0.29) is 12.3 Å². The fourth-order valence-corrected chi connectivity index (χ4v) is 2.49. The van der Waals surface area contributed by atoms with Gasteiger partial charge in [0, 0.05) is 19.2 Å². The van der Waals surface area contributed by atoms with Crippen molar-refractivity contribution in [2.45, 2.75) is 18.9 Å². The van der Waals surface area contributed by atoms with Gasteiger partial charge in [-0.25, -0.2) is 0 Å². The van der Waals surface area contributed by atoms with Crippen LogP contribution in [0, 0.1) is 0 Å². The Labute approximate surface area is 140 Å². The van der Waals surface area contributed by atoms with Gasteiger partial charge in [-0.3, -0.25) is 4.79 Å². The average molecular weight is 330 g/mol. The maximum atomic E-state index is 12.1. The second-order valence-corrected chi connectivity index (χ2v) is 5.61. The Morgan fingerprint density at radius 1 is 1.21 bits per heavy atom. The second kappa shape index (κ2) is 9.00. The van der Waals surface area contributed by atoms with Crippen LogP contribution in [0.15, 0.2) is 42.5 Å². The number of hydrogen-bond acceptors (Lipinski definition) is 4. The second-order valence-electron chi connectivity index (χ2n) is 5.61. The van der Waals surface area contributed by atoms with Gasteiger partial charge < -0.3 is 25.3 Å². The zero-order valence-corrected chi connectivity index (χ0v) is 13.7. The van der Waals surface area contributed by atoms with E-state index in [0.29, 0.717) is 25.3 Å². The first kappa shape index (κ1) is 17.9. The molecule has 0 heterocycles. The molecule has 0 saturated heterocycles. The fraction of sp³-hybridized carbons (Fsp3) is 0.333. The number of fused-ring (bicyclic) bond motifs is 1. The summed E-state index contributed by atoms with van der Waals surface area (Å²) < 4.78 is 4.92. The molecule has 0 aliphatic heterocycles. The lowest BCUT2D eigenvalue weighted by Crippen LogP contribution is -2.93. The number of hydrogen-bond donors (Lipinski definition) is 2. The van der Waals surface area contributed by atoms with Crippen LogP contribution in [-0.2, 0) is 14.3 Å². The minimum absolute atomic E-state index is 0.137. The van der Waals surface area contributed by atoms with Crippen LogP contribution in [-0.4, -0.2) is 38.2 Å². The molecule has 0 bridgehead atoms. The van der Waals surface area contributed by atoms with E-state index in [9.17, 15) is 14.7 Å². The van der Waals surface area contributed by atoms with Crippen molar-refractivity contribution < 1.29 is 24.7 Å². The summed E-state index contributed by atoms with van der Waals surface area (Å²) in [4.78, 5) is 23.3. The highest BCUT2D eigenvalue weighted by Crippen LogP contribution is 2.18. The quantitative estimate of drug-likeness (QED) is 0.627. The molecule has 0 spiro atoms. The lowest BCUT2D eigenvalue weighted by molar-refractivity contribution is -0.682. The number of aliphatic carboxylic acids is 1. The van der Waals surface area contributed by atoms with E-state index in [1.54, 1.807) is 18.5 Å². The highest BCUT2D eigenvalue weighted by molar-refractivity contribution is 5.96. The van der Waals surface area contributed by atoms with Crippen molar-refractivity contribution in [2.24, 2.45) is 0 Å². The van der Waals surface area contributed by atoms with Crippen LogP contribution in [0.25, 0.3) is 10.8 Å². The number of carbonyl (C=O) groups excluding carboxylic acids is 2. The van der Waals surface area contributed by atoms with E-state index in [4.69, 9.17) is 4.74 Å². The van der Waals surface area contributed by atoms with E-state index in [0.717, 1.165) is 10.8 Å². The first-order valence-electron chi connectivity index (χ1n) is 7.92. The number of carboxylic acid groups (broad SMARTS) is 1. The molecule has 0 saturated carbocycles. The SMILES string of the molecule is COCCC[NH2+][C@H](CC(=O)Nc1ccc2ccccc2c1)C(=O)[O-]. The van der Waals surface area contributed by atoms with E-state index in [2.05, 4.69) is 5.32 Å². The Hall–Kier alpha value is -2.44. The number of methoxy groups -OCH3 is 1. The van der Waals surface area contributed by atoms with Crippen molar-refractivity contribution in [3.05, 3.63) is 42.5 Å². The summed E-state index contributed by atoms with van der Waals surface area (Å²) in [6, 6.07) is 12.5. The third-order valence-electron chi connectivity index (χ3n) is 3.75. The molecule has 2 aromatic carbocycles. The molecule has 0 aromatic heterocycles. The highest BCUT2D eigenvalue weighted by atomic mass is 16.5. The molecule has 24 heavy (non-hydrogen) atoms. The number of nitrogens with two attached hydrogens (primary N) is 1. The fourth-order valence-electron chi connectivity index (χ4n) is 2.49. The van der Waals surface area contributed by atoms with Crippen LogP contribution in [0.3, 0.4) is 0 Å². The predicted octanol–water partition coefficient (Wildman–Crippen LogP) is -0.113. The number of quaternary nitrogens is 1. The number of benzene rings is 2. The molecular formula is C18H22N2O4. The maximum absolute atomic E-state index is 12.1. The number of amides is 1. The van der Waals surface area contributed by atoms with Gasteiger partial charge in [-0.2, -0.15) is 0 Å². The summed E-state index contributed by atoms with van der Waals surface area (Å²) in [7, 11) is 1.59. The van der Waals surface area contributed by atoms with Gasteiger partial charge in [0.1, 0.15) is 6.04 Å². The van der Waals surface area contributed by atoms with Crippen LogP contribution in [0.4, 0.5) is 5.69 Å². The van der Waals surface area contributed by atoms with E-state index >= 15 is 0 Å². The average Bonchev–Trinajstić information content (AvgIpc) is 2.57. The van der Waals surface area contributed by atoms with Gasteiger partial charge in [-0.05, 0) is 22.9 Å². The van der Waals surface area contributed by atoms with E-state index < -0.39 is 12.0 Å². The molecule has 2 aromatic rings. The number of carbonyl (C=O) groups is 2. The zero-order chi connectivity index (χ0) is 17.4. The number of nitrogens with one attached hydrogen (secondary N) is 1. The van der Waals surface area contributed by atoms with Crippen LogP contribution in [0.1, 0.15) is 12.8 Å². The van der Waals surface area contributed by atoms with Crippen molar-refractivity contribution in [3.8, 4) is 0 Å². The standard InChI is InChI=1S/C18H22N2O4/c1-24-10-4-9-19-16(18(22)23)12-17(21)20-15-8-7-13-5-2-3-6-14(13)11-15/h2-3,5-8,11,16,19H,4,9-10,12H2,1H3,(H,20,21)(H,22,23)/t16-/m1/s1. The summed E-state index contributed by atoms with van der Waals surface area (Å²) in [5.74, 6) is -1.58. The number of carboxylic acids is 1. The van der Waals surface area contributed by atoms with Gasteiger partial charge >= 0.3 is 0 Å². The van der Waals surface area contributed by atoms with Crippen molar-refractivity contribution in [2.75, 3.05) is 25.6 Å². The molecular weight excluding hydrogens is 308 g/mol. The Balaban J connectivity index is 1.92. The minimum Gasteiger partial charge on any atom is -0.544 e. The van der Waals surface area contributed by atoms with Crippen LogP contribution >= 0.6 is 0 Å². The number of ether oxygens (including phenoxy) is 1. The third-order valence-corrected chi connectivity index (χ3v) is 3.75. The Morgan fingerprint density at radius 3 is 2.67 bits per heavy atom. The lowest BCUT2D eigenvalue weighted by Gasteiger charge is -2.16. The van der Waals surface area contributed by atoms with Crippen LogP contribution < -0.4 is 15.7 Å². The predicted molar refractivity (Wildman–Crippen MR) is 89.3 cm³/mol. The number of anilines is 1.